The van der Waals surface area contributed by atoms with Gasteiger partial charge < -0.3 is 9.88 Å². The molecule has 1 aromatic carbocycles. The highest BCUT2D eigenvalue weighted by Gasteiger charge is 2.06. The van der Waals surface area contributed by atoms with E-state index >= 15 is 0 Å². The van der Waals surface area contributed by atoms with Crippen molar-refractivity contribution in [2.45, 2.75) is 19.9 Å². The normalized spacial score (nSPS) is 10.5. The molecule has 0 saturated carbocycles. The van der Waals surface area contributed by atoms with Gasteiger partial charge in [-0.15, -0.1) is 0 Å². The number of anilines is 2. The molecule has 0 saturated heterocycles. The predicted octanol–water partition coefficient (Wildman–Crippen LogP) is 4.34. The van der Waals surface area contributed by atoms with Crippen molar-refractivity contribution in [3.8, 4) is 0 Å². The molecule has 0 radical (unpaired) electrons. The first kappa shape index (κ1) is 12.3. The number of imidazole rings is 1. The lowest BCUT2D eigenvalue weighted by atomic mass is 10.3. The highest BCUT2D eigenvalue weighted by molar-refractivity contribution is 6.35. The third-order valence-electron chi connectivity index (χ3n) is 2.35. The Morgan fingerprint density at radius 2 is 2.18 bits per heavy atom. The number of benzene rings is 1. The van der Waals surface area contributed by atoms with Gasteiger partial charge in [0.15, 0.2) is 0 Å². The molecule has 3 nitrogen and oxygen atoms in total. The van der Waals surface area contributed by atoms with Gasteiger partial charge in [-0.05, 0) is 24.6 Å². The zero-order valence-corrected chi connectivity index (χ0v) is 11.0. The molecule has 1 heterocycles. The first-order valence-corrected chi connectivity index (χ1v) is 6.19. The van der Waals surface area contributed by atoms with Crippen LogP contribution >= 0.6 is 23.2 Å². The number of halogens is 2. The molecule has 0 bridgehead atoms. The molecule has 1 N–H and O–H groups in total. The summed E-state index contributed by atoms with van der Waals surface area (Å²) in [6, 6.07) is 5.31. The van der Waals surface area contributed by atoms with Gasteiger partial charge in [-0.3, -0.25) is 0 Å². The van der Waals surface area contributed by atoms with E-state index in [0.717, 1.165) is 24.6 Å². The Bertz CT molecular complexity index is 508. The van der Waals surface area contributed by atoms with E-state index in [1.54, 1.807) is 24.4 Å². The Morgan fingerprint density at radius 1 is 1.35 bits per heavy atom. The van der Waals surface area contributed by atoms with E-state index in [0.29, 0.717) is 10.0 Å². The standard InChI is InChI=1S/C12H13Cl2N3/c1-2-6-17-7-5-15-12(17)16-11-8-9(13)3-4-10(11)14/h3-5,7-8H,2,6H2,1H3,(H,15,16). The Labute approximate surface area is 110 Å². The second-order valence-electron chi connectivity index (χ2n) is 3.69. The van der Waals surface area contributed by atoms with Crippen molar-refractivity contribution < 1.29 is 0 Å². The summed E-state index contributed by atoms with van der Waals surface area (Å²) in [6.45, 7) is 3.04. The number of nitrogens with one attached hydrogen (secondary N) is 1. The third-order valence-corrected chi connectivity index (χ3v) is 2.92. The molecule has 2 rings (SSSR count). The van der Waals surface area contributed by atoms with Crippen molar-refractivity contribution in [1.82, 2.24) is 9.55 Å². The van der Waals surface area contributed by atoms with E-state index < -0.39 is 0 Å². The summed E-state index contributed by atoms with van der Waals surface area (Å²) in [5, 5.41) is 4.45. The lowest BCUT2D eigenvalue weighted by molar-refractivity contribution is 0.686. The van der Waals surface area contributed by atoms with Gasteiger partial charge in [0, 0.05) is 24.0 Å². The molecule has 0 amide bonds. The van der Waals surface area contributed by atoms with E-state index in [2.05, 4.69) is 17.2 Å². The van der Waals surface area contributed by atoms with Crippen LogP contribution in [0.5, 0.6) is 0 Å². The third kappa shape index (κ3) is 2.93. The van der Waals surface area contributed by atoms with Gasteiger partial charge in [0.2, 0.25) is 5.95 Å². The number of hydrogen-bond donors (Lipinski definition) is 1. The van der Waals surface area contributed by atoms with E-state index in [9.17, 15) is 0 Å². The molecule has 0 aliphatic rings. The molecule has 0 spiro atoms. The van der Waals surface area contributed by atoms with E-state index in [-0.39, 0.29) is 0 Å². The molecule has 2 aromatic rings. The van der Waals surface area contributed by atoms with Gasteiger partial charge in [0.1, 0.15) is 0 Å². The van der Waals surface area contributed by atoms with Crippen molar-refractivity contribution in [3.63, 3.8) is 0 Å². The molecule has 0 unspecified atom stereocenters. The van der Waals surface area contributed by atoms with Crippen LogP contribution in [0.15, 0.2) is 30.6 Å². The summed E-state index contributed by atoms with van der Waals surface area (Å²) in [5.74, 6) is 0.774. The molecule has 0 atom stereocenters. The zero-order valence-electron chi connectivity index (χ0n) is 9.45. The average molecular weight is 270 g/mol. The lowest BCUT2D eigenvalue weighted by Gasteiger charge is -2.10. The molecular weight excluding hydrogens is 257 g/mol. The first-order chi connectivity index (χ1) is 8.20. The summed E-state index contributed by atoms with van der Waals surface area (Å²) in [7, 11) is 0. The van der Waals surface area contributed by atoms with Crippen LogP contribution in [-0.2, 0) is 6.54 Å². The monoisotopic (exact) mass is 269 g/mol. The Morgan fingerprint density at radius 3 is 2.94 bits per heavy atom. The Balaban J connectivity index is 2.25. The molecule has 17 heavy (non-hydrogen) atoms. The second-order valence-corrected chi connectivity index (χ2v) is 4.54. The second kappa shape index (κ2) is 5.43. The number of aromatic nitrogens is 2. The maximum absolute atomic E-state index is 6.08. The molecule has 1 aromatic heterocycles. The molecule has 90 valence electrons. The fourth-order valence-electron chi connectivity index (χ4n) is 1.57. The highest BCUT2D eigenvalue weighted by Crippen LogP contribution is 2.27. The van der Waals surface area contributed by atoms with Gasteiger partial charge >= 0.3 is 0 Å². The molecule has 0 aliphatic carbocycles. The van der Waals surface area contributed by atoms with Crippen LogP contribution in [0.1, 0.15) is 13.3 Å². The maximum atomic E-state index is 6.08. The van der Waals surface area contributed by atoms with Crippen LogP contribution in [0.25, 0.3) is 0 Å². The fraction of sp³-hybridized carbons (Fsp3) is 0.250. The summed E-state index contributed by atoms with van der Waals surface area (Å²) in [6.07, 6.45) is 4.75. The summed E-state index contributed by atoms with van der Waals surface area (Å²) < 4.78 is 2.04. The van der Waals surface area contributed by atoms with Gasteiger partial charge in [0.25, 0.3) is 0 Å². The maximum Gasteiger partial charge on any atom is 0.207 e. The van der Waals surface area contributed by atoms with Crippen LogP contribution in [0.3, 0.4) is 0 Å². The topological polar surface area (TPSA) is 29.9 Å². The van der Waals surface area contributed by atoms with Gasteiger partial charge in [-0.25, -0.2) is 4.98 Å². The van der Waals surface area contributed by atoms with Crippen LogP contribution in [-0.4, -0.2) is 9.55 Å². The minimum Gasteiger partial charge on any atom is -0.324 e. The van der Waals surface area contributed by atoms with Crippen molar-refractivity contribution in [2.24, 2.45) is 0 Å². The van der Waals surface area contributed by atoms with Gasteiger partial charge in [-0.1, -0.05) is 30.1 Å². The van der Waals surface area contributed by atoms with Gasteiger partial charge in [-0.2, -0.15) is 0 Å². The quantitative estimate of drug-likeness (QED) is 0.895. The van der Waals surface area contributed by atoms with Crippen molar-refractivity contribution in [1.29, 1.82) is 0 Å². The SMILES string of the molecule is CCCn1ccnc1Nc1cc(Cl)ccc1Cl. The van der Waals surface area contributed by atoms with E-state index in [1.165, 1.54) is 0 Å². The predicted molar refractivity (Wildman–Crippen MR) is 72.3 cm³/mol. The van der Waals surface area contributed by atoms with Crippen molar-refractivity contribution in [2.75, 3.05) is 5.32 Å². The highest BCUT2D eigenvalue weighted by atomic mass is 35.5. The van der Waals surface area contributed by atoms with Crippen molar-refractivity contribution >= 4 is 34.8 Å². The molecule has 0 aliphatic heterocycles. The minimum absolute atomic E-state index is 0.625. The molecular formula is C12H13Cl2N3. The van der Waals surface area contributed by atoms with E-state index in [4.69, 9.17) is 23.2 Å². The summed E-state index contributed by atoms with van der Waals surface area (Å²) in [5.41, 5.74) is 0.766. The van der Waals surface area contributed by atoms with Crippen LogP contribution in [0.2, 0.25) is 10.0 Å². The first-order valence-electron chi connectivity index (χ1n) is 5.44. The van der Waals surface area contributed by atoms with Crippen LogP contribution in [0.4, 0.5) is 11.6 Å². The smallest absolute Gasteiger partial charge is 0.207 e. The van der Waals surface area contributed by atoms with Crippen LogP contribution in [0, 0.1) is 0 Å². The Hall–Kier alpha value is -1.19. The Kier molecular flexibility index (Phi) is 3.92. The summed E-state index contributed by atoms with van der Waals surface area (Å²) >= 11 is 12.0. The summed E-state index contributed by atoms with van der Waals surface area (Å²) in [4.78, 5) is 4.25. The van der Waals surface area contributed by atoms with Crippen LogP contribution < -0.4 is 5.32 Å². The number of aryl methyl sites for hydroxylation is 1. The number of nitrogens with zero attached hydrogens (tertiary/aromatic N) is 2. The largest absolute Gasteiger partial charge is 0.324 e. The molecule has 5 heteroatoms. The van der Waals surface area contributed by atoms with Crippen molar-refractivity contribution in [3.05, 3.63) is 40.6 Å². The number of rotatable bonds is 4. The molecule has 0 fully saturated rings. The fourth-order valence-corrected chi connectivity index (χ4v) is 1.91. The average Bonchev–Trinajstić information content (AvgIpc) is 2.72. The van der Waals surface area contributed by atoms with Gasteiger partial charge in [0.05, 0.1) is 10.7 Å². The minimum atomic E-state index is 0.625. The zero-order chi connectivity index (χ0) is 12.3. The van der Waals surface area contributed by atoms with E-state index in [1.807, 2.05) is 10.8 Å². The lowest BCUT2D eigenvalue weighted by Crippen LogP contribution is -2.03. The number of hydrogen-bond acceptors (Lipinski definition) is 2.